The molecule has 4 rings (SSSR count). The number of nitro groups is 1. The van der Waals surface area contributed by atoms with Crippen molar-refractivity contribution in [3.8, 4) is 0 Å². The first-order valence-corrected chi connectivity index (χ1v) is 9.81. The maximum atomic E-state index is 12.8. The first kappa shape index (κ1) is 17.9. The Morgan fingerprint density at radius 2 is 1.96 bits per heavy atom. The Kier molecular flexibility index (Phi) is 4.80. The van der Waals surface area contributed by atoms with Gasteiger partial charge in [-0.2, -0.15) is 0 Å². The van der Waals surface area contributed by atoms with Crippen LogP contribution in [0.4, 0.5) is 5.69 Å². The molecule has 1 amide bonds. The Labute approximate surface area is 164 Å². The number of para-hydroxylation sites is 1. The highest BCUT2D eigenvalue weighted by Gasteiger charge is 2.28. The molecule has 0 bridgehead atoms. The van der Waals surface area contributed by atoms with Gasteiger partial charge in [0.15, 0.2) is 0 Å². The first-order valence-electron chi connectivity index (χ1n) is 8.61. The monoisotopic (exact) mass is 401 g/mol. The maximum Gasteiger partial charge on any atom is 0.270 e. The van der Waals surface area contributed by atoms with Crippen LogP contribution in [0.5, 0.6) is 0 Å². The van der Waals surface area contributed by atoms with E-state index >= 15 is 0 Å². The van der Waals surface area contributed by atoms with Gasteiger partial charge < -0.3 is 4.90 Å². The van der Waals surface area contributed by atoms with Gasteiger partial charge in [-0.3, -0.25) is 14.9 Å². The summed E-state index contributed by atoms with van der Waals surface area (Å²) in [5.41, 5.74) is 1.07. The highest BCUT2D eigenvalue weighted by atomic mass is 35.5. The normalized spacial score (nSPS) is 15.2. The molecule has 1 aromatic heterocycles. The molecule has 2 aromatic carbocycles. The highest BCUT2D eigenvalue weighted by Crippen LogP contribution is 2.34. The number of halogens is 1. The van der Waals surface area contributed by atoms with E-state index in [9.17, 15) is 14.9 Å². The molecule has 1 fully saturated rings. The van der Waals surface area contributed by atoms with E-state index in [4.69, 9.17) is 16.6 Å². The summed E-state index contributed by atoms with van der Waals surface area (Å²) in [7, 11) is 0. The number of nitrogens with zero attached hydrogens (tertiary/aromatic N) is 3. The number of piperidine rings is 1. The van der Waals surface area contributed by atoms with Gasteiger partial charge in [-0.1, -0.05) is 23.7 Å². The van der Waals surface area contributed by atoms with Gasteiger partial charge in [0, 0.05) is 31.1 Å². The average molecular weight is 402 g/mol. The molecule has 0 N–H and O–H groups in total. The van der Waals surface area contributed by atoms with Gasteiger partial charge in [0.05, 0.1) is 30.7 Å². The fourth-order valence-corrected chi connectivity index (χ4v) is 4.69. The third kappa shape index (κ3) is 3.52. The molecule has 1 saturated heterocycles. The standard InChI is InChI=1S/C19H16ClN3O3S/c20-15-6-5-13(23(25)26)11-14(15)19(24)22-9-7-12(8-10-22)18-21-16-3-1-2-4-17(16)27-18/h1-6,11-12H,7-10H2. The van der Waals surface area contributed by atoms with Gasteiger partial charge in [-0.25, -0.2) is 4.98 Å². The maximum absolute atomic E-state index is 12.8. The van der Waals surface area contributed by atoms with E-state index in [1.165, 1.54) is 22.9 Å². The van der Waals surface area contributed by atoms with Crippen LogP contribution in [0.1, 0.15) is 34.1 Å². The highest BCUT2D eigenvalue weighted by molar-refractivity contribution is 7.18. The number of carbonyl (C=O) groups is 1. The molecular formula is C19H16ClN3O3S. The minimum Gasteiger partial charge on any atom is -0.339 e. The third-order valence-electron chi connectivity index (χ3n) is 4.83. The lowest BCUT2D eigenvalue weighted by atomic mass is 9.97. The zero-order valence-electron chi connectivity index (χ0n) is 14.3. The number of likely N-dealkylation sites (tertiary alicyclic amines) is 1. The number of hydrogen-bond donors (Lipinski definition) is 0. The van der Waals surface area contributed by atoms with Gasteiger partial charge in [0.25, 0.3) is 11.6 Å². The topological polar surface area (TPSA) is 76.3 Å². The van der Waals surface area contributed by atoms with Crippen molar-refractivity contribution in [2.75, 3.05) is 13.1 Å². The number of hydrogen-bond acceptors (Lipinski definition) is 5. The molecule has 1 aliphatic heterocycles. The Hall–Kier alpha value is -2.51. The predicted molar refractivity (Wildman–Crippen MR) is 106 cm³/mol. The number of carbonyl (C=O) groups excluding carboxylic acids is 1. The van der Waals surface area contributed by atoms with E-state index in [2.05, 4.69) is 6.07 Å². The van der Waals surface area contributed by atoms with Crippen molar-refractivity contribution in [2.45, 2.75) is 18.8 Å². The van der Waals surface area contributed by atoms with Crippen molar-refractivity contribution in [2.24, 2.45) is 0 Å². The smallest absolute Gasteiger partial charge is 0.270 e. The Bertz CT molecular complexity index is 995. The second-order valence-electron chi connectivity index (χ2n) is 6.51. The van der Waals surface area contributed by atoms with Crippen molar-refractivity contribution in [1.82, 2.24) is 9.88 Å². The van der Waals surface area contributed by atoms with E-state index < -0.39 is 4.92 Å². The second kappa shape index (κ2) is 7.25. The number of amides is 1. The Balaban J connectivity index is 1.48. The molecule has 0 spiro atoms. The number of benzene rings is 2. The lowest BCUT2D eigenvalue weighted by molar-refractivity contribution is -0.384. The first-order chi connectivity index (χ1) is 13.0. The summed E-state index contributed by atoms with van der Waals surface area (Å²) >= 11 is 7.81. The Morgan fingerprint density at radius 3 is 2.67 bits per heavy atom. The van der Waals surface area contributed by atoms with Gasteiger partial charge in [0.1, 0.15) is 0 Å². The van der Waals surface area contributed by atoms with Crippen molar-refractivity contribution in [3.63, 3.8) is 0 Å². The molecule has 1 aliphatic rings. The number of thiazole rings is 1. The van der Waals surface area contributed by atoms with E-state index in [1.54, 1.807) is 16.2 Å². The summed E-state index contributed by atoms with van der Waals surface area (Å²) in [6.45, 7) is 1.16. The Morgan fingerprint density at radius 1 is 1.22 bits per heavy atom. The summed E-state index contributed by atoms with van der Waals surface area (Å²) in [6.07, 6.45) is 1.64. The van der Waals surface area contributed by atoms with Gasteiger partial charge in [-0.05, 0) is 31.0 Å². The average Bonchev–Trinajstić information content (AvgIpc) is 3.12. The molecule has 0 unspecified atom stereocenters. The van der Waals surface area contributed by atoms with Crippen LogP contribution < -0.4 is 0 Å². The van der Waals surface area contributed by atoms with E-state index in [1.807, 2.05) is 18.2 Å². The second-order valence-corrected chi connectivity index (χ2v) is 7.98. The molecule has 3 aromatic rings. The summed E-state index contributed by atoms with van der Waals surface area (Å²) in [5.74, 6) is 0.0680. The minimum atomic E-state index is -0.521. The molecule has 0 saturated carbocycles. The van der Waals surface area contributed by atoms with Crippen LogP contribution in [-0.4, -0.2) is 33.8 Å². The number of fused-ring (bicyclic) bond motifs is 1. The van der Waals surface area contributed by atoms with Gasteiger partial charge in [0.2, 0.25) is 0 Å². The summed E-state index contributed by atoms with van der Waals surface area (Å²) in [4.78, 5) is 29.7. The summed E-state index contributed by atoms with van der Waals surface area (Å²) < 4.78 is 1.18. The molecule has 0 radical (unpaired) electrons. The molecule has 27 heavy (non-hydrogen) atoms. The minimum absolute atomic E-state index is 0.132. The van der Waals surface area contributed by atoms with Crippen molar-refractivity contribution in [3.05, 3.63) is 68.2 Å². The number of aromatic nitrogens is 1. The SMILES string of the molecule is O=C(c1cc([N+](=O)[O-])ccc1Cl)N1CCC(c2nc3ccccc3s2)CC1. The zero-order chi connectivity index (χ0) is 19.0. The van der Waals surface area contributed by atoms with Crippen molar-refractivity contribution < 1.29 is 9.72 Å². The largest absolute Gasteiger partial charge is 0.339 e. The molecule has 0 atom stereocenters. The van der Waals surface area contributed by atoms with E-state index in [-0.39, 0.29) is 22.2 Å². The molecule has 2 heterocycles. The molecule has 0 aliphatic carbocycles. The third-order valence-corrected chi connectivity index (χ3v) is 6.36. The van der Waals surface area contributed by atoms with E-state index in [0.29, 0.717) is 19.0 Å². The number of rotatable bonds is 3. The van der Waals surface area contributed by atoms with Crippen LogP contribution in [0.3, 0.4) is 0 Å². The van der Waals surface area contributed by atoms with E-state index in [0.717, 1.165) is 23.4 Å². The number of non-ortho nitro benzene ring substituents is 1. The molecule has 8 heteroatoms. The fourth-order valence-electron chi connectivity index (χ4n) is 3.36. The quantitative estimate of drug-likeness (QED) is 0.463. The lowest BCUT2D eigenvalue weighted by Crippen LogP contribution is -2.38. The van der Waals surface area contributed by atoms with Crippen LogP contribution in [0.2, 0.25) is 5.02 Å². The predicted octanol–water partition coefficient (Wildman–Crippen LogP) is 4.88. The van der Waals surface area contributed by atoms with Gasteiger partial charge in [-0.15, -0.1) is 11.3 Å². The molecule has 138 valence electrons. The van der Waals surface area contributed by atoms with Crippen LogP contribution in [0, 0.1) is 10.1 Å². The van der Waals surface area contributed by atoms with Gasteiger partial charge >= 0.3 is 0 Å². The van der Waals surface area contributed by atoms with Crippen LogP contribution in [-0.2, 0) is 0 Å². The zero-order valence-corrected chi connectivity index (χ0v) is 15.9. The van der Waals surface area contributed by atoms with Crippen molar-refractivity contribution in [1.29, 1.82) is 0 Å². The molecular weight excluding hydrogens is 386 g/mol. The lowest BCUT2D eigenvalue weighted by Gasteiger charge is -2.31. The van der Waals surface area contributed by atoms with Crippen LogP contribution in [0.15, 0.2) is 42.5 Å². The summed E-state index contributed by atoms with van der Waals surface area (Å²) in [6, 6.07) is 12.0. The van der Waals surface area contributed by atoms with Crippen LogP contribution in [0.25, 0.3) is 10.2 Å². The molecule has 6 nitrogen and oxygen atoms in total. The number of nitro benzene ring substituents is 1. The van der Waals surface area contributed by atoms with Crippen LogP contribution >= 0.6 is 22.9 Å². The summed E-state index contributed by atoms with van der Waals surface area (Å²) in [5, 5.41) is 12.3. The fraction of sp³-hybridized carbons (Fsp3) is 0.263. The van der Waals surface area contributed by atoms with Crippen molar-refractivity contribution >= 4 is 44.7 Å².